The lowest BCUT2D eigenvalue weighted by Crippen LogP contribution is -2.44. The first-order valence-electron chi connectivity index (χ1n) is 11.7. The van der Waals surface area contributed by atoms with Gasteiger partial charge in [0.2, 0.25) is 0 Å². The Balaban J connectivity index is 1.66. The Bertz CT molecular complexity index is 1280. The molecule has 0 bridgehead atoms. The van der Waals surface area contributed by atoms with Gasteiger partial charge in [-0.25, -0.2) is 4.79 Å². The molecule has 1 atom stereocenters. The van der Waals surface area contributed by atoms with Gasteiger partial charge in [0, 0.05) is 17.7 Å². The van der Waals surface area contributed by atoms with E-state index in [-0.39, 0.29) is 23.8 Å². The highest BCUT2D eigenvalue weighted by molar-refractivity contribution is 6.06. The average molecular weight is 472 g/mol. The lowest BCUT2D eigenvalue weighted by Gasteiger charge is -2.37. The molecule has 0 unspecified atom stereocenters. The minimum absolute atomic E-state index is 0.0428. The number of para-hydroxylation sites is 2. The number of nitrogens with one attached hydrogen (secondary N) is 2. The van der Waals surface area contributed by atoms with Crippen molar-refractivity contribution in [3.63, 3.8) is 0 Å². The van der Waals surface area contributed by atoms with Crippen LogP contribution in [0.1, 0.15) is 44.1 Å². The third-order valence-electron chi connectivity index (χ3n) is 6.55. The predicted octanol–water partition coefficient (Wildman–Crippen LogP) is 5.81. The lowest BCUT2D eigenvalue weighted by molar-refractivity contribution is -0.118. The van der Waals surface area contributed by atoms with Crippen LogP contribution in [0.25, 0.3) is 0 Å². The van der Waals surface area contributed by atoms with Crippen molar-refractivity contribution in [2.24, 2.45) is 5.41 Å². The molecule has 2 aromatic carbocycles. The van der Waals surface area contributed by atoms with E-state index in [0.717, 1.165) is 16.9 Å². The van der Waals surface area contributed by atoms with E-state index in [0.29, 0.717) is 35.6 Å². The maximum atomic E-state index is 13.8. The van der Waals surface area contributed by atoms with Crippen molar-refractivity contribution >= 4 is 23.2 Å². The normalized spacial score (nSPS) is 18.8. The van der Waals surface area contributed by atoms with Crippen molar-refractivity contribution in [1.29, 1.82) is 0 Å². The number of hydrogen-bond acceptors (Lipinski definition) is 5. The molecule has 2 heterocycles. The number of carbonyl (C=O) groups is 2. The summed E-state index contributed by atoms with van der Waals surface area (Å²) in [6, 6.07) is 17.9. The summed E-state index contributed by atoms with van der Waals surface area (Å²) in [5, 5.41) is 6.50. The fourth-order valence-electron chi connectivity index (χ4n) is 4.97. The quantitative estimate of drug-likeness (QED) is 0.501. The van der Waals surface area contributed by atoms with Crippen LogP contribution in [0.5, 0.6) is 5.75 Å². The summed E-state index contributed by atoms with van der Waals surface area (Å²) in [4.78, 5) is 29.2. The summed E-state index contributed by atoms with van der Waals surface area (Å²) < 4.78 is 10.8. The first-order chi connectivity index (χ1) is 16.9. The highest BCUT2D eigenvalue weighted by atomic mass is 16.5. The van der Waals surface area contributed by atoms with E-state index < -0.39 is 6.04 Å². The highest BCUT2D eigenvalue weighted by Gasteiger charge is 2.43. The molecule has 2 N–H and O–H groups in total. The number of rotatable bonds is 4. The van der Waals surface area contributed by atoms with Gasteiger partial charge in [-0.2, -0.15) is 0 Å². The van der Waals surface area contributed by atoms with Crippen LogP contribution in [-0.4, -0.2) is 18.9 Å². The zero-order valence-electron chi connectivity index (χ0n) is 20.1. The highest BCUT2D eigenvalue weighted by Crippen LogP contribution is 2.48. The molecule has 2 aliphatic rings. The van der Waals surface area contributed by atoms with Crippen molar-refractivity contribution in [2.75, 3.05) is 17.3 Å². The number of amides is 2. The van der Waals surface area contributed by atoms with Gasteiger partial charge in [-0.05, 0) is 53.8 Å². The second-order valence-corrected chi connectivity index (χ2v) is 9.76. The molecule has 180 valence electrons. The fraction of sp³-hybridized carbons (Fsp3) is 0.286. The van der Waals surface area contributed by atoms with E-state index in [1.54, 1.807) is 24.3 Å². The molecule has 7 heteroatoms. The maximum absolute atomic E-state index is 13.8. The minimum Gasteiger partial charge on any atom is -0.497 e. The fourth-order valence-corrected chi connectivity index (χ4v) is 4.97. The monoisotopic (exact) mass is 471 g/mol. The molecule has 2 amide bonds. The minimum atomic E-state index is -0.604. The number of ketones is 1. The summed E-state index contributed by atoms with van der Waals surface area (Å²) in [5.41, 5.74) is 3.62. The summed E-state index contributed by atoms with van der Waals surface area (Å²) in [5.74, 6) is 1.40. The maximum Gasteiger partial charge on any atom is 0.323 e. The van der Waals surface area contributed by atoms with E-state index in [2.05, 4.69) is 24.5 Å². The van der Waals surface area contributed by atoms with Gasteiger partial charge < -0.3 is 19.8 Å². The Kier molecular flexibility index (Phi) is 5.84. The van der Waals surface area contributed by atoms with Crippen LogP contribution < -0.4 is 20.3 Å². The average Bonchev–Trinajstić information content (AvgIpc) is 3.31. The van der Waals surface area contributed by atoms with Crippen molar-refractivity contribution in [3.05, 3.63) is 89.5 Å². The van der Waals surface area contributed by atoms with Gasteiger partial charge in [-0.15, -0.1) is 0 Å². The number of hydrogen-bond donors (Lipinski definition) is 2. The van der Waals surface area contributed by atoms with Crippen LogP contribution in [0.4, 0.5) is 16.2 Å². The molecule has 0 saturated heterocycles. The Morgan fingerprint density at radius 3 is 2.60 bits per heavy atom. The molecule has 5 rings (SSSR count). The molecule has 3 aromatic rings. The van der Waals surface area contributed by atoms with Gasteiger partial charge in [0.15, 0.2) is 5.78 Å². The largest absolute Gasteiger partial charge is 0.497 e. The van der Waals surface area contributed by atoms with Crippen LogP contribution >= 0.6 is 0 Å². The smallest absolute Gasteiger partial charge is 0.323 e. The number of ether oxygens (including phenoxy) is 1. The molecule has 1 aliphatic heterocycles. The van der Waals surface area contributed by atoms with Crippen molar-refractivity contribution in [2.45, 2.75) is 39.3 Å². The van der Waals surface area contributed by atoms with Crippen LogP contribution in [0, 0.1) is 5.41 Å². The first-order valence-corrected chi connectivity index (χ1v) is 11.7. The summed E-state index contributed by atoms with van der Waals surface area (Å²) in [6.45, 7) is 4.44. The van der Waals surface area contributed by atoms with Gasteiger partial charge in [0.25, 0.3) is 0 Å². The third kappa shape index (κ3) is 4.41. The van der Waals surface area contributed by atoms with E-state index in [1.165, 1.54) is 0 Å². The van der Waals surface area contributed by atoms with Gasteiger partial charge in [-0.1, -0.05) is 38.1 Å². The van der Waals surface area contributed by atoms with Crippen LogP contribution in [0.2, 0.25) is 0 Å². The number of allylic oxidation sites excluding steroid dienone is 1. The van der Waals surface area contributed by atoms with Gasteiger partial charge in [0.05, 0.1) is 37.3 Å². The summed E-state index contributed by atoms with van der Waals surface area (Å²) in [6.07, 6.45) is 2.70. The Hall–Kier alpha value is -4.00. The Morgan fingerprint density at radius 1 is 1.11 bits per heavy atom. The topological polar surface area (TPSA) is 83.8 Å². The first kappa shape index (κ1) is 22.8. The standard InChI is InChI=1S/C28H29N3O4/c1-28(2)15-22-25(24(32)16-28)26(18-10-12-19(34-3)13-11-18)31(23-9-5-4-8-21(23)30-22)27(33)29-17-20-7-6-14-35-20/h4-14,26,30H,15-17H2,1-3H3,(H,29,33)/t26-/m1/s1. The number of urea groups is 1. The second kappa shape index (κ2) is 8.98. The van der Waals surface area contributed by atoms with Crippen LogP contribution in [0.15, 0.2) is 82.6 Å². The third-order valence-corrected chi connectivity index (χ3v) is 6.55. The Morgan fingerprint density at radius 2 is 1.89 bits per heavy atom. The van der Waals surface area contributed by atoms with Gasteiger partial charge in [0.1, 0.15) is 11.5 Å². The van der Waals surface area contributed by atoms with Crippen molar-refractivity contribution in [1.82, 2.24) is 5.32 Å². The SMILES string of the molecule is COc1ccc([C@@H]2C3=C(CC(C)(C)CC3=O)Nc3ccccc3N2C(=O)NCc2ccco2)cc1. The molecule has 0 spiro atoms. The molecule has 7 nitrogen and oxygen atoms in total. The zero-order chi connectivity index (χ0) is 24.6. The summed E-state index contributed by atoms with van der Waals surface area (Å²) >= 11 is 0. The number of Topliss-reactive ketones (excluding diaryl/α,β-unsaturated/α-hetero) is 1. The number of carbonyl (C=O) groups excluding carboxylic acids is 2. The van der Waals surface area contributed by atoms with Gasteiger partial charge >= 0.3 is 6.03 Å². The number of fused-ring (bicyclic) bond motifs is 1. The molecular formula is C28H29N3O4. The number of furan rings is 1. The molecule has 1 aromatic heterocycles. The van der Waals surface area contributed by atoms with Crippen LogP contribution in [-0.2, 0) is 11.3 Å². The zero-order valence-corrected chi connectivity index (χ0v) is 20.1. The Labute approximate surface area is 204 Å². The molecule has 0 radical (unpaired) electrons. The van der Waals surface area contributed by atoms with Gasteiger partial charge in [-0.3, -0.25) is 9.69 Å². The van der Waals surface area contributed by atoms with E-state index in [9.17, 15) is 9.59 Å². The van der Waals surface area contributed by atoms with Crippen molar-refractivity contribution < 1.29 is 18.7 Å². The number of anilines is 2. The van der Waals surface area contributed by atoms with Crippen LogP contribution in [0.3, 0.4) is 0 Å². The second-order valence-electron chi connectivity index (χ2n) is 9.76. The van der Waals surface area contributed by atoms with E-state index >= 15 is 0 Å². The summed E-state index contributed by atoms with van der Waals surface area (Å²) in [7, 11) is 1.61. The van der Waals surface area contributed by atoms with E-state index in [4.69, 9.17) is 9.15 Å². The molecule has 35 heavy (non-hydrogen) atoms. The lowest BCUT2D eigenvalue weighted by atomic mass is 9.73. The number of nitrogens with zero attached hydrogens (tertiary/aromatic N) is 1. The predicted molar refractivity (Wildman–Crippen MR) is 134 cm³/mol. The number of benzene rings is 2. The molecule has 0 saturated carbocycles. The molecular weight excluding hydrogens is 442 g/mol. The number of methoxy groups -OCH3 is 1. The van der Waals surface area contributed by atoms with E-state index in [1.807, 2.05) is 54.6 Å². The molecule has 0 fully saturated rings. The molecule has 1 aliphatic carbocycles. The van der Waals surface area contributed by atoms with Crippen molar-refractivity contribution in [3.8, 4) is 5.75 Å².